The van der Waals surface area contributed by atoms with Gasteiger partial charge in [0.1, 0.15) is 5.76 Å². The highest BCUT2D eigenvalue weighted by Crippen LogP contribution is 2.22. The molecule has 0 aliphatic heterocycles. The molecule has 3 aromatic rings. The van der Waals surface area contributed by atoms with Crippen LogP contribution >= 0.6 is 11.3 Å². The molecule has 5 nitrogen and oxygen atoms in total. The average molecular weight is 377 g/mol. The van der Waals surface area contributed by atoms with Gasteiger partial charge in [-0.2, -0.15) is 0 Å². The SMILES string of the molecule is Cc1noc(C)c1CCC(=O)Nc1ncc(Cc2ccc(F)c(F)c2)s1. The van der Waals surface area contributed by atoms with E-state index < -0.39 is 11.6 Å². The maximum Gasteiger partial charge on any atom is 0.226 e. The molecule has 1 amide bonds. The molecular formula is C18H17F2N3O2S. The van der Waals surface area contributed by atoms with Crippen molar-refractivity contribution in [1.29, 1.82) is 0 Å². The first-order valence-corrected chi connectivity index (χ1v) is 8.84. The summed E-state index contributed by atoms with van der Waals surface area (Å²) in [6.45, 7) is 3.66. The predicted octanol–water partition coefficient (Wildman–Crippen LogP) is 4.19. The average Bonchev–Trinajstić information content (AvgIpc) is 3.16. The number of aromatic nitrogens is 2. The molecule has 0 aliphatic rings. The number of anilines is 1. The van der Waals surface area contributed by atoms with Gasteiger partial charge in [0.15, 0.2) is 16.8 Å². The van der Waals surface area contributed by atoms with Crippen LogP contribution in [0.2, 0.25) is 0 Å². The number of amides is 1. The van der Waals surface area contributed by atoms with Crippen molar-refractivity contribution >= 4 is 22.4 Å². The lowest BCUT2D eigenvalue weighted by atomic mass is 10.1. The van der Waals surface area contributed by atoms with E-state index in [-0.39, 0.29) is 5.91 Å². The van der Waals surface area contributed by atoms with Gasteiger partial charge in [-0.05, 0) is 38.0 Å². The van der Waals surface area contributed by atoms with E-state index in [9.17, 15) is 13.6 Å². The van der Waals surface area contributed by atoms with E-state index >= 15 is 0 Å². The highest BCUT2D eigenvalue weighted by Gasteiger charge is 2.13. The van der Waals surface area contributed by atoms with Crippen LogP contribution < -0.4 is 5.32 Å². The summed E-state index contributed by atoms with van der Waals surface area (Å²) in [7, 11) is 0. The van der Waals surface area contributed by atoms with Crippen LogP contribution in [0.1, 0.15) is 33.9 Å². The third-order valence-electron chi connectivity index (χ3n) is 3.95. The van der Waals surface area contributed by atoms with Crippen LogP contribution in [-0.2, 0) is 17.6 Å². The molecule has 0 saturated carbocycles. The first kappa shape index (κ1) is 18.2. The Bertz CT molecular complexity index is 917. The van der Waals surface area contributed by atoms with E-state index in [1.807, 2.05) is 13.8 Å². The van der Waals surface area contributed by atoms with Gasteiger partial charge in [-0.25, -0.2) is 13.8 Å². The second-order valence-electron chi connectivity index (χ2n) is 5.91. The molecule has 2 aromatic heterocycles. The molecule has 0 fully saturated rings. The minimum absolute atomic E-state index is 0.154. The summed E-state index contributed by atoms with van der Waals surface area (Å²) in [5, 5.41) is 7.10. The van der Waals surface area contributed by atoms with E-state index in [2.05, 4.69) is 15.5 Å². The van der Waals surface area contributed by atoms with Crippen molar-refractivity contribution in [3.63, 3.8) is 0 Å². The van der Waals surface area contributed by atoms with E-state index in [1.54, 1.807) is 6.20 Å². The van der Waals surface area contributed by atoms with Gasteiger partial charge >= 0.3 is 0 Å². The van der Waals surface area contributed by atoms with Gasteiger partial charge in [0, 0.05) is 29.5 Å². The fourth-order valence-electron chi connectivity index (χ4n) is 2.58. The molecule has 0 spiro atoms. The molecule has 0 aliphatic carbocycles. The Balaban J connectivity index is 1.56. The summed E-state index contributed by atoms with van der Waals surface area (Å²) >= 11 is 1.31. The van der Waals surface area contributed by atoms with E-state index in [4.69, 9.17) is 4.52 Å². The van der Waals surface area contributed by atoms with Crippen molar-refractivity contribution in [1.82, 2.24) is 10.1 Å². The van der Waals surface area contributed by atoms with Crippen LogP contribution in [0.4, 0.5) is 13.9 Å². The first-order valence-electron chi connectivity index (χ1n) is 8.02. The van der Waals surface area contributed by atoms with Crippen molar-refractivity contribution < 1.29 is 18.1 Å². The van der Waals surface area contributed by atoms with Crippen molar-refractivity contribution in [2.75, 3.05) is 5.32 Å². The number of aryl methyl sites for hydroxylation is 2. The number of thiazole rings is 1. The standard InChI is InChI=1S/C18H17F2N3O2S/c1-10-14(11(2)25-23-10)4-6-17(24)22-18-21-9-13(26-18)7-12-3-5-15(19)16(20)8-12/h3,5,8-9H,4,6-7H2,1-2H3,(H,21,22,24). The van der Waals surface area contributed by atoms with Crippen molar-refractivity contribution in [2.45, 2.75) is 33.1 Å². The summed E-state index contributed by atoms with van der Waals surface area (Å²) in [5.74, 6) is -1.18. The molecule has 0 radical (unpaired) electrons. The molecule has 0 bridgehead atoms. The van der Waals surface area contributed by atoms with Gasteiger partial charge in [-0.3, -0.25) is 4.79 Å². The Kier molecular flexibility index (Phi) is 5.41. The fraction of sp³-hybridized carbons (Fsp3) is 0.278. The van der Waals surface area contributed by atoms with Crippen LogP contribution in [0, 0.1) is 25.5 Å². The molecule has 8 heteroatoms. The van der Waals surface area contributed by atoms with Crippen molar-refractivity contribution in [3.8, 4) is 0 Å². The number of carbonyl (C=O) groups excluding carboxylic acids is 1. The zero-order chi connectivity index (χ0) is 18.7. The number of hydrogen-bond acceptors (Lipinski definition) is 5. The highest BCUT2D eigenvalue weighted by molar-refractivity contribution is 7.15. The first-order chi connectivity index (χ1) is 12.4. The number of nitrogens with one attached hydrogen (secondary N) is 1. The van der Waals surface area contributed by atoms with E-state index in [0.717, 1.165) is 34.0 Å². The Hall–Kier alpha value is -2.61. The van der Waals surface area contributed by atoms with Gasteiger partial charge < -0.3 is 9.84 Å². The third kappa shape index (κ3) is 4.32. The van der Waals surface area contributed by atoms with Gasteiger partial charge in [0.2, 0.25) is 5.91 Å². The van der Waals surface area contributed by atoms with Gasteiger partial charge in [0.25, 0.3) is 0 Å². The second-order valence-corrected chi connectivity index (χ2v) is 7.02. The minimum atomic E-state index is -0.875. The molecular weight excluding hydrogens is 360 g/mol. The molecule has 0 atom stereocenters. The fourth-order valence-corrected chi connectivity index (χ4v) is 3.44. The van der Waals surface area contributed by atoms with Gasteiger partial charge in [0.05, 0.1) is 5.69 Å². The molecule has 1 N–H and O–H groups in total. The predicted molar refractivity (Wildman–Crippen MR) is 94.2 cm³/mol. The van der Waals surface area contributed by atoms with Crippen LogP contribution in [-0.4, -0.2) is 16.0 Å². The second kappa shape index (κ2) is 7.74. The van der Waals surface area contributed by atoms with E-state index in [0.29, 0.717) is 30.0 Å². The Morgan fingerprint density at radius 2 is 2.08 bits per heavy atom. The summed E-state index contributed by atoms with van der Waals surface area (Å²) in [4.78, 5) is 17.1. The Labute approximate surface area is 153 Å². The monoisotopic (exact) mass is 377 g/mol. The Morgan fingerprint density at radius 3 is 2.77 bits per heavy atom. The number of halogens is 2. The third-order valence-corrected chi connectivity index (χ3v) is 4.86. The topological polar surface area (TPSA) is 68.0 Å². The minimum Gasteiger partial charge on any atom is -0.361 e. The molecule has 2 heterocycles. The van der Waals surface area contributed by atoms with Gasteiger partial charge in [-0.15, -0.1) is 11.3 Å². The zero-order valence-electron chi connectivity index (χ0n) is 14.3. The van der Waals surface area contributed by atoms with Crippen molar-refractivity contribution in [2.24, 2.45) is 0 Å². The van der Waals surface area contributed by atoms with Crippen LogP contribution in [0.3, 0.4) is 0 Å². The maximum atomic E-state index is 13.3. The van der Waals surface area contributed by atoms with Gasteiger partial charge in [-0.1, -0.05) is 11.2 Å². The zero-order valence-corrected chi connectivity index (χ0v) is 15.1. The quantitative estimate of drug-likeness (QED) is 0.699. The molecule has 0 saturated heterocycles. The van der Waals surface area contributed by atoms with Crippen molar-refractivity contribution in [3.05, 3.63) is 63.5 Å². The van der Waals surface area contributed by atoms with Crippen LogP contribution in [0.15, 0.2) is 28.9 Å². The number of hydrogen-bond donors (Lipinski definition) is 1. The van der Waals surface area contributed by atoms with E-state index in [1.165, 1.54) is 17.4 Å². The van der Waals surface area contributed by atoms with Crippen LogP contribution in [0.5, 0.6) is 0 Å². The highest BCUT2D eigenvalue weighted by atomic mass is 32.1. The molecule has 26 heavy (non-hydrogen) atoms. The molecule has 136 valence electrons. The summed E-state index contributed by atoms with van der Waals surface area (Å²) < 4.78 is 31.3. The normalized spacial score (nSPS) is 10.9. The number of carbonyl (C=O) groups is 1. The summed E-state index contributed by atoms with van der Waals surface area (Å²) in [6, 6.07) is 3.79. The number of benzene rings is 1. The lowest BCUT2D eigenvalue weighted by Crippen LogP contribution is -2.12. The number of rotatable bonds is 6. The Morgan fingerprint density at radius 1 is 1.27 bits per heavy atom. The van der Waals surface area contributed by atoms with Crippen LogP contribution in [0.25, 0.3) is 0 Å². The summed E-state index contributed by atoms with van der Waals surface area (Å²) in [5.41, 5.74) is 2.38. The molecule has 1 aromatic carbocycles. The smallest absolute Gasteiger partial charge is 0.226 e. The lowest BCUT2D eigenvalue weighted by molar-refractivity contribution is -0.116. The molecule has 0 unspecified atom stereocenters. The summed E-state index contributed by atoms with van der Waals surface area (Å²) in [6.07, 6.45) is 2.88. The molecule has 3 rings (SSSR count). The largest absolute Gasteiger partial charge is 0.361 e. The maximum absolute atomic E-state index is 13.3. The lowest BCUT2D eigenvalue weighted by Gasteiger charge is -2.02. The number of nitrogens with zero attached hydrogens (tertiary/aromatic N) is 2.